The highest BCUT2D eigenvalue weighted by molar-refractivity contribution is 7.99. The number of aromatic nitrogens is 3. The first-order valence-electron chi connectivity index (χ1n) is 9.31. The molecule has 0 aliphatic carbocycles. The van der Waals surface area contributed by atoms with E-state index in [1.807, 2.05) is 70.2 Å². The number of nitrogens with zero attached hydrogens (tertiary/aromatic N) is 3. The molecule has 29 heavy (non-hydrogen) atoms. The van der Waals surface area contributed by atoms with Gasteiger partial charge in [0, 0.05) is 11.3 Å². The third-order valence-corrected chi connectivity index (χ3v) is 5.28. The molecular weight excluding hydrogens is 386 g/mol. The molecule has 7 nitrogen and oxygen atoms in total. The van der Waals surface area contributed by atoms with E-state index in [0.29, 0.717) is 11.0 Å². The molecule has 1 amide bonds. The molecule has 0 radical (unpaired) electrons. The Hall–Kier alpha value is -3.00. The van der Waals surface area contributed by atoms with E-state index < -0.39 is 0 Å². The zero-order chi connectivity index (χ0) is 21.0. The van der Waals surface area contributed by atoms with Crippen molar-refractivity contribution in [2.45, 2.75) is 39.0 Å². The smallest absolute Gasteiger partial charge is 0.234 e. The zero-order valence-corrected chi connectivity index (χ0v) is 17.8. The Morgan fingerprint density at radius 1 is 1.21 bits per heavy atom. The summed E-state index contributed by atoms with van der Waals surface area (Å²) in [6.07, 6.45) is 0.0719. The van der Waals surface area contributed by atoms with Crippen LogP contribution in [0.3, 0.4) is 0 Å². The van der Waals surface area contributed by atoms with Crippen LogP contribution in [0.5, 0.6) is 5.75 Å². The average Bonchev–Trinajstić information content (AvgIpc) is 3.04. The number of nitrogens with one attached hydrogen (secondary N) is 1. The zero-order valence-electron chi connectivity index (χ0n) is 17.0. The molecule has 1 heterocycles. The Labute approximate surface area is 174 Å². The maximum atomic E-state index is 12.3. The SMILES string of the molecule is Cc1cccc(NC(=O)CSc2nnc(-c3cccc(OC(C)C)c3)n2N)c1C. The van der Waals surface area contributed by atoms with Gasteiger partial charge in [0.2, 0.25) is 11.1 Å². The van der Waals surface area contributed by atoms with Crippen LogP contribution in [-0.4, -0.2) is 32.6 Å². The maximum absolute atomic E-state index is 12.3. The fraction of sp³-hybridized carbons (Fsp3) is 0.286. The standard InChI is InChI=1S/C21H25N5O2S/c1-13(2)28-17-9-6-8-16(11-17)20-24-25-21(26(20)22)29-12-19(27)23-18-10-5-7-14(3)15(18)4/h5-11,13H,12,22H2,1-4H3,(H,23,27). The Morgan fingerprint density at radius 2 is 1.97 bits per heavy atom. The van der Waals surface area contributed by atoms with Gasteiger partial charge in [-0.25, -0.2) is 4.68 Å². The van der Waals surface area contributed by atoms with Crippen molar-refractivity contribution in [3.8, 4) is 17.1 Å². The molecule has 0 fully saturated rings. The topological polar surface area (TPSA) is 95.1 Å². The Morgan fingerprint density at radius 3 is 2.72 bits per heavy atom. The number of thioether (sulfide) groups is 1. The van der Waals surface area contributed by atoms with Crippen LogP contribution in [0.15, 0.2) is 47.6 Å². The minimum Gasteiger partial charge on any atom is -0.491 e. The van der Waals surface area contributed by atoms with Gasteiger partial charge in [-0.2, -0.15) is 0 Å². The normalized spacial score (nSPS) is 10.9. The summed E-state index contributed by atoms with van der Waals surface area (Å²) < 4.78 is 7.11. The summed E-state index contributed by atoms with van der Waals surface area (Å²) in [5.74, 6) is 7.47. The minimum absolute atomic E-state index is 0.0719. The summed E-state index contributed by atoms with van der Waals surface area (Å²) in [5, 5.41) is 11.7. The third-order valence-electron chi connectivity index (χ3n) is 4.34. The number of carbonyl (C=O) groups is 1. The molecular formula is C21H25N5O2S. The highest BCUT2D eigenvalue weighted by atomic mass is 32.2. The number of benzene rings is 2. The summed E-state index contributed by atoms with van der Waals surface area (Å²) in [5.41, 5.74) is 3.79. The molecule has 2 aromatic carbocycles. The minimum atomic E-state index is -0.124. The first-order valence-corrected chi connectivity index (χ1v) is 10.3. The number of hydrogen-bond donors (Lipinski definition) is 2. The highest BCUT2D eigenvalue weighted by Crippen LogP contribution is 2.25. The van der Waals surface area contributed by atoms with E-state index in [9.17, 15) is 4.79 Å². The second-order valence-corrected chi connectivity index (χ2v) is 7.90. The number of nitrogen functional groups attached to an aromatic ring is 1. The lowest BCUT2D eigenvalue weighted by atomic mass is 10.1. The number of rotatable bonds is 7. The Kier molecular flexibility index (Phi) is 6.43. The van der Waals surface area contributed by atoms with Crippen LogP contribution in [0.4, 0.5) is 5.69 Å². The molecule has 0 aliphatic heterocycles. The monoisotopic (exact) mass is 411 g/mol. The average molecular weight is 412 g/mol. The number of nitrogens with two attached hydrogens (primary N) is 1. The first-order chi connectivity index (χ1) is 13.8. The molecule has 3 aromatic rings. The van der Waals surface area contributed by atoms with Gasteiger partial charge in [0.05, 0.1) is 11.9 Å². The summed E-state index contributed by atoms with van der Waals surface area (Å²) in [4.78, 5) is 12.3. The third kappa shape index (κ3) is 5.08. The summed E-state index contributed by atoms with van der Waals surface area (Å²) in [6, 6.07) is 13.3. The second-order valence-electron chi connectivity index (χ2n) is 6.95. The lowest BCUT2D eigenvalue weighted by Crippen LogP contribution is -2.17. The number of carbonyl (C=O) groups excluding carboxylic acids is 1. The van der Waals surface area contributed by atoms with Crippen LogP contribution in [0, 0.1) is 13.8 Å². The summed E-state index contributed by atoms with van der Waals surface area (Å²) in [6.45, 7) is 7.93. The fourth-order valence-corrected chi connectivity index (χ4v) is 3.41. The van der Waals surface area contributed by atoms with Gasteiger partial charge in [0.25, 0.3) is 0 Å². The lowest BCUT2D eigenvalue weighted by Gasteiger charge is -2.11. The molecule has 0 bridgehead atoms. The van der Waals surface area contributed by atoms with Crippen molar-refractivity contribution in [3.05, 3.63) is 53.6 Å². The molecule has 152 valence electrons. The number of amides is 1. The van der Waals surface area contributed by atoms with E-state index in [4.69, 9.17) is 10.6 Å². The summed E-state index contributed by atoms with van der Waals surface area (Å²) in [7, 11) is 0. The van der Waals surface area contributed by atoms with Gasteiger partial charge in [0.15, 0.2) is 5.82 Å². The van der Waals surface area contributed by atoms with Gasteiger partial charge in [-0.3, -0.25) is 4.79 Å². The van der Waals surface area contributed by atoms with Gasteiger partial charge >= 0.3 is 0 Å². The molecule has 0 aliphatic rings. The largest absolute Gasteiger partial charge is 0.491 e. The maximum Gasteiger partial charge on any atom is 0.234 e. The van der Waals surface area contributed by atoms with Crippen molar-refractivity contribution in [3.63, 3.8) is 0 Å². The van der Waals surface area contributed by atoms with E-state index in [-0.39, 0.29) is 17.8 Å². The van der Waals surface area contributed by atoms with E-state index in [1.165, 1.54) is 16.4 Å². The number of aryl methyl sites for hydroxylation is 1. The van der Waals surface area contributed by atoms with Crippen LogP contribution < -0.4 is 15.9 Å². The van der Waals surface area contributed by atoms with Gasteiger partial charge in [-0.1, -0.05) is 36.0 Å². The molecule has 3 rings (SSSR count). The predicted molar refractivity (Wildman–Crippen MR) is 117 cm³/mol. The Bertz CT molecular complexity index is 1020. The number of hydrogen-bond acceptors (Lipinski definition) is 6. The molecule has 1 aromatic heterocycles. The van der Waals surface area contributed by atoms with Crippen LogP contribution in [0.25, 0.3) is 11.4 Å². The molecule has 0 atom stereocenters. The van der Waals surface area contributed by atoms with E-state index in [0.717, 1.165) is 28.1 Å². The van der Waals surface area contributed by atoms with E-state index >= 15 is 0 Å². The van der Waals surface area contributed by atoms with Crippen molar-refractivity contribution in [2.24, 2.45) is 0 Å². The van der Waals surface area contributed by atoms with Crippen LogP contribution in [0.1, 0.15) is 25.0 Å². The van der Waals surface area contributed by atoms with Crippen molar-refractivity contribution < 1.29 is 9.53 Å². The molecule has 8 heteroatoms. The second kappa shape index (κ2) is 9.00. The van der Waals surface area contributed by atoms with E-state index in [1.54, 1.807) is 0 Å². The van der Waals surface area contributed by atoms with E-state index in [2.05, 4.69) is 15.5 Å². The Balaban J connectivity index is 1.67. The highest BCUT2D eigenvalue weighted by Gasteiger charge is 2.15. The number of ether oxygens (including phenoxy) is 1. The lowest BCUT2D eigenvalue weighted by molar-refractivity contribution is -0.113. The van der Waals surface area contributed by atoms with Crippen LogP contribution in [-0.2, 0) is 4.79 Å². The number of anilines is 1. The fourth-order valence-electron chi connectivity index (χ4n) is 2.76. The summed E-state index contributed by atoms with van der Waals surface area (Å²) >= 11 is 1.24. The molecule has 0 spiro atoms. The van der Waals surface area contributed by atoms with Crippen molar-refractivity contribution in [1.82, 2.24) is 14.9 Å². The van der Waals surface area contributed by atoms with Gasteiger partial charge in [-0.05, 0) is 57.0 Å². The molecule has 0 saturated carbocycles. The van der Waals surface area contributed by atoms with Gasteiger partial charge < -0.3 is 15.9 Å². The predicted octanol–water partition coefficient (Wildman–Crippen LogP) is 3.79. The van der Waals surface area contributed by atoms with Gasteiger partial charge in [-0.15, -0.1) is 10.2 Å². The van der Waals surface area contributed by atoms with Crippen LogP contribution in [0.2, 0.25) is 0 Å². The first kappa shape index (κ1) is 20.7. The molecule has 3 N–H and O–H groups in total. The van der Waals surface area contributed by atoms with Crippen molar-refractivity contribution >= 4 is 23.4 Å². The molecule has 0 unspecified atom stereocenters. The molecule has 0 saturated heterocycles. The van der Waals surface area contributed by atoms with Crippen LogP contribution >= 0.6 is 11.8 Å². The quantitative estimate of drug-likeness (QED) is 0.454. The van der Waals surface area contributed by atoms with Crippen molar-refractivity contribution in [1.29, 1.82) is 0 Å². The van der Waals surface area contributed by atoms with Crippen molar-refractivity contribution in [2.75, 3.05) is 16.9 Å². The van der Waals surface area contributed by atoms with Gasteiger partial charge in [0.1, 0.15) is 5.75 Å².